The van der Waals surface area contributed by atoms with E-state index in [0.29, 0.717) is 43.1 Å². The summed E-state index contributed by atoms with van der Waals surface area (Å²) in [6, 6.07) is 0. The van der Waals surface area contributed by atoms with Gasteiger partial charge in [-0.15, -0.1) is 0 Å². The highest BCUT2D eigenvalue weighted by Gasteiger charge is 2.52. The Morgan fingerprint density at radius 2 is 1.78 bits per heavy atom. The van der Waals surface area contributed by atoms with E-state index in [0.717, 1.165) is 32.1 Å². The number of ether oxygens (including phenoxy) is 1. The van der Waals surface area contributed by atoms with Crippen LogP contribution >= 0.6 is 0 Å². The fraction of sp³-hybridized carbons (Fsp3) is 0.737. The Bertz CT molecular complexity index is 946. The molecule has 5 rings (SSSR count). The topological polar surface area (TPSA) is 102 Å². The molecule has 2 aromatic heterocycles. The van der Waals surface area contributed by atoms with Crippen LogP contribution in [0.3, 0.4) is 0 Å². The average Bonchev–Trinajstić information content (AvgIpc) is 3.16. The number of H-pyrrole nitrogens is 1. The summed E-state index contributed by atoms with van der Waals surface area (Å²) in [5, 5.41) is 9.69. The average molecular weight is 376 g/mol. The maximum absolute atomic E-state index is 12.9. The molecule has 27 heavy (non-hydrogen) atoms. The Labute approximate surface area is 157 Å². The van der Waals surface area contributed by atoms with Gasteiger partial charge in [-0.25, -0.2) is 9.78 Å². The van der Waals surface area contributed by atoms with Crippen molar-refractivity contribution in [3.8, 4) is 0 Å². The highest BCUT2D eigenvalue weighted by atomic mass is 16.5. The van der Waals surface area contributed by atoms with Gasteiger partial charge in [0.05, 0.1) is 13.2 Å². The van der Waals surface area contributed by atoms with Gasteiger partial charge in [-0.05, 0) is 38.5 Å². The van der Waals surface area contributed by atoms with Gasteiger partial charge in [-0.2, -0.15) is 0 Å². The summed E-state index contributed by atoms with van der Waals surface area (Å²) < 4.78 is 9.08. The summed E-state index contributed by atoms with van der Waals surface area (Å²) in [7, 11) is 0. The molecule has 2 bridgehead atoms. The second-order valence-corrected chi connectivity index (χ2v) is 8.12. The van der Waals surface area contributed by atoms with Crippen LogP contribution < -0.4 is 11.2 Å². The zero-order valence-corrected chi connectivity index (χ0v) is 16.1. The van der Waals surface area contributed by atoms with Crippen LogP contribution in [0, 0.1) is 5.41 Å². The fourth-order valence-corrected chi connectivity index (χ4v) is 4.50. The van der Waals surface area contributed by atoms with E-state index in [2.05, 4.69) is 4.98 Å². The molecule has 0 spiro atoms. The molecule has 8 heteroatoms. The molecule has 2 aromatic rings. The lowest BCUT2D eigenvalue weighted by molar-refractivity contribution is -0.202. The van der Waals surface area contributed by atoms with Crippen LogP contribution in [0.15, 0.2) is 9.59 Å². The molecule has 1 aliphatic carbocycles. The van der Waals surface area contributed by atoms with Crippen molar-refractivity contribution in [3.63, 3.8) is 0 Å². The van der Waals surface area contributed by atoms with E-state index in [1.807, 2.05) is 13.8 Å². The molecule has 0 amide bonds. The number of hydrogen-bond acceptors (Lipinski definition) is 5. The molecular weight excluding hydrogens is 348 g/mol. The number of fused-ring (bicyclic) bond motifs is 4. The van der Waals surface area contributed by atoms with Gasteiger partial charge >= 0.3 is 5.69 Å². The van der Waals surface area contributed by atoms with Crippen LogP contribution in [0.4, 0.5) is 0 Å². The van der Waals surface area contributed by atoms with E-state index in [9.17, 15) is 14.7 Å². The lowest BCUT2D eigenvalue weighted by atomic mass is 9.66. The van der Waals surface area contributed by atoms with Crippen molar-refractivity contribution in [2.45, 2.75) is 71.1 Å². The summed E-state index contributed by atoms with van der Waals surface area (Å²) in [5.41, 5.74) is -0.475. The van der Waals surface area contributed by atoms with Crippen molar-refractivity contribution in [1.29, 1.82) is 0 Å². The molecule has 148 valence electrons. The standard InChI is InChI=1S/C19H28N4O4/c1-3-9-22-14-13(15(25)23(10-4-2)17(22)26)20-16(21-14)19-7-5-18(11-24,6-8-19)12-27-19/h24H,3-12H2,1-2H3,(H,20,21). The second-order valence-electron chi connectivity index (χ2n) is 8.12. The largest absolute Gasteiger partial charge is 0.396 e. The van der Waals surface area contributed by atoms with Crippen LogP contribution in [0.25, 0.3) is 11.2 Å². The Balaban J connectivity index is 1.85. The predicted molar refractivity (Wildman–Crippen MR) is 101 cm³/mol. The molecule has 1 saturated carbocycles. The molecule has 2 N–H and O–H groups in total. The predicted octanol–water partition coefficient (Wildman–Crippen LogP) is 1.48. The first kappa shape index (κ1) is 18.4. The number of aromatic nitrogens is 4. The van der Waals surface area contributed by atoms with Crippen LogP contribution in [0.5, 0.6) is 0 Å². The monoisotopic (exact) mass is 376 g/mol. The third-order valence-electron chi connectivity index (χ3n) is 6.30. The van der Waals surface area contributed by atoms with Gasteiger partial charge in [0, 0.05) is 18.5 Å². The molecule has 4 heterocycles. The summed E-state index contributed by atoms with van der Waals surface area (Å²) in [4.78, 5) is 33.6. The minimum absolute atomic E-state index is 0.133. The van der Waals surface area contributed by atoms with Gasteiger partial charge in [0.25, 0.3) is 5.56 Å². The zero-order chi connectivity index (χ0) is 19.2. The van der Waals surface area contributed by atoms with Crippen molar-refractivity contribution in [2.24, 2.45) is 5.41 Å². The van der Waals surface area contributed by atoms with Crippen LogP contribution in [-0.2, 0) is 23.4 Å². The lowest BCUT2D eigenvalue weighted by Crippen LogP contribution is -2.51. The van der Waals surface area contributed by atoms with Crippen molar-refractivity contribution in [3.05, 3.63) is 26.7 Å². The number of aliphatic hydroxyl groups excluding tert-OH is 1. The minimum Gasteiger partial charge on any atom is -0.396 e. The van der Waals surface area contributed by atoms with E-state index >= 15 is 0 Å². The Hall–Kier alpha value is -1.93. The maximum Gasteiger partial charge on any atom is 0.332 e. The molecule has 3 aliphatic rings. The highest BCUT2D eigenvalue weighted by molar-refractivity contribution is 5.70. The molecule has 3 fully saturated rings. The SMILES string of the molecule is CCCn1c(=O)c2[nH]c(C34CCC(CO)(CC3)CO4)nc2n(CCC)c1=O. The van der Waals surface area contributed by atoms with Crippen molar-refractivity contribution in [2.75, 3.05) is 13.2 Å². The second kappa shape index (κ2) is 6.60. The zero-order valence-electron chi connectivity index (χ0n) is 16.1. The van der Waals surface area contributed by atoms with Gasteiger partial charge in [0.1, 0.15) is 16.9 Å². The third-order valence-corrected chi connectivity index (χ3v) is 6.30. The lowest BCUT2D eigenvalue weighted by Gasteiger charge is -2.51. The smallest absolute Gasteiger partial charge is 0.332 e. The van der Waals surface area contributed by atoms with Gasteiger partial charge in [-0.3, -0.25) is 13.9 Å². The fourth-order valence-electron chi connectivity index (χ4n) is 4.50. The summed E-state index contributed by atoms with van der Waals surface area (Å²) in [6.45, 7) is 5.50. The Morgan fingerprint density at radius 1 is 1.11 bits per heavy atom. The molecule has 0 atom stereocenters. The first-order valence-electron chi connectivity index (χ1n) is 9.98. The quantitative estimate of drug-likeness (QED) is 0.795. The van der Waals surface area contributed by atoms with E-state index in [4.69, 9.17) is 9.72 Å². The normalized spacial score (nSPS) is 27.5. The van der Waals surface area contributed by atoms with E-state index < -0.39 is 5.60 Å². The van der Waals surface area contributed by atoms with Gasteiger partial charge in [0.15, 0.2) is 5.65 Å². The number of imidazole rings is 1. The molecule has 8 nitrogen and oxygen atoms in total. The molecule has 2 saturated heterocycles. The van der Waals surface area contributed by atoms with Crippen LogP contribution in [0.2, 0.25) is 0 Å². The van der Waals surface area contributed by atoms with E-state index in [-0.39, 0.29) is 23.3 Å². The van der Waals surface area contributed by atoms with Gasteiger partial charge in [0.2, 0.25) is 0 Å². The van der Waals surface area contributed by atoms with Gasteiger partial charge in [-0.1, -0.05) is 13.8 Å². The van der Waals surface area contributed by atoms with E-state index in [1.165, 1.54) is 4.57 Å². The van der Waals surface area contributed by atoms with E-state index in [1.54, 1.807) is 4.57 Å². The number of rotatable bonds is 6. The Kier molecular flexibility index (Phi) is 4.50. The number of hydrogen-bond donors (Lipinski definition) is 2. The number of aliphatic hydroxyl groups is 1. The van der Waals surface area contributed by atoms with Crippen molar-refractivity contribution >= 4 is 11.2 Å². The van der Waals surface area contributed by atoms with Crippen molar-refractivity contribution in [1.82, 2.24) is 19.1 Å². The van der Waals surface area contributed by atoms with Crippen LogP contribution in [-0.4, -0.2) is 37.4 Å². The molecule has 0 unspecified atom stereocenters. The van der Waals surface area contributed by atoms with Gasteiger partial charge < -0.3 is 14.8 Å². The molecule has 0 aromatic carbocycles. The third kappa shape index (κ3) is 2.69. The first-order chi connectivity index (χ1) is 13.0. The summed E-state index contributed by atoms with van der Waals surface area (Å²) in [6.07, 6.45) is 4.76. The van der Waals surface area contributed by atoms with Crippen LogP contribution in [0.1, 0.15) is 58.2 Å². The number of nitrogens with zero attached hydrogens (tertiary/aromatic N) is 3. The molecule has 2 aliphatic heterocycles. The first-order valence-corrected chi connectivity index (χ1v) is 9.98. The maximum atomic E-state index is 12.9. The van der Waals surface area contributed by atoms with Crippen molar-refractivity contribution < 1.29 is 9.84 Å². The highest BCUT2D eigenvalue weighted by Crippen LogP contribution is 2.52. The number of aromatic amines is 1. The number of aryl methyl sites for hydroxylation is 1. The summed E-state index contributed by atoms with van der Waals surface area (Å²) in [5.74, 6) is 0.638. The summed E-state index contributed by atoms with van der Waals surface area (Å²) >= 11 is 0. The Morgan fingerprint density at radius 3 is 2.33 bits per heavy atom. The molecule has 0 radical (unpaired) electrons. The number of nitrogens with one attached hydrogen (secondary N) is 1. The minimum atomic E-state index is -0.551. The molecular formula is C19H28N4O4.